The summed E-state index contributed by atoms with van der Waals surface area (Å²) in [6.45, 7) is 0. The highest BCUT2D eigenvalue weighted by Gasteiger charge is 2.24. The Labute approximate surface area is 156 Å². The third-order valence-corrected chi connectivity index (χ3v) is 5.72. The van der Waals surface area contributed by atoms with E-state index < -0.39 is 0 Å². The van der Waals surface area contributed by atoms with Crippen molar-refractivity contribution < 1.29 is 9.53 Å². The van der Waals surface area contributed by atoms with Crippen LogP contribution in [0.5, 0.6) is 0 Å². The largest absolute Gasteiger partial charge is 0.381 e. The molecule has 4 rings (SSSR count). The van der Waals surface area contributed by atoms with E-state index in [9.17, 15) is 4.79 Å². The lowest BCUT2D eigenvalue weighted by atomic mass is 10.1. The molecule has 2 aliphatic rings. The molecule has 1 saturated carbocycles. The number of hydrogen-bond donors (Lipinski definition) is 2. The van der Waals surface area contributed by atoms with Gasteiger partial charge in [0.1, 0.15) is 5.70 Å². The second kappa shape index (κ2) is 7.55. The Morgan fingerprint density at radius 1 is 1.27 bits per heavy atom. The summed E-state index contributed by atoms with van der Waals surface area (Å²) in [6.07, 6.45) is 7.41. The fourth-order valence-electron chi connectivity index (χ4n) is 3.48. The van der Waals surface area contributed by atoms with Gasteiger partial charge in [0, 0.05) is 7.11 Å². The number of nitrogens with one attached hydrogen (secondary N) is 2. The van der Waals surface area contributed by atoms with Crippen LogP contribution in [-0.2, 0) is 9.53 Å². The van der Waals surface area contributed by atoms with Gasteiger partial charge in [-0.25, -0.2) is 9.98 Å². The molecule has 1 aromatic heterocycles. The highest BCUT2D eigenvalue weighted by Crippen LogP contribution is 2.23. The summed E-state index contributed by atoms with van der Waals surface area (Å²) < 4.78 is 6.58. The number of fused-ring (bicyclic) bond motifs is 1. The first kappa shape index (κ1) is 17.2. The van der Waals surface area contributed by atoms with Crippen molar-refractivity contribution in [1.29, 1.82) is 0 Å². The molecule has 7 heteroatoms. The molecule has 0 bridgehead atoms. The monoisotopic (exact) mass is 370 g/mol. The van der Waals surface area contributed by atoms with Gasteiger partial charge in [-0.3, -0.25) is 10.1 Å². The van der Waals surface area contributed by atoms with Crippen LogP contribution >= 0.6 is 11.3 Å². The van der Waals surface area contributed by atoms with Crippen LogP contribution < -0.4 is 10.6 Å². The molecule has 2 heterocycles. The van der Waals surface area contributed by atoms with Crippen molar-refractivity contribution in [2.75, 3.05) is 7.11 Å². The van der Waals surface area contributed by atoms with Gasteiger partial charge in [0.05, 0.1) is 27.9 Å². The molecule has 2 atom stereocenters. The molecule has 1 aromatic carbocycles. The number of carbonyl (C=O) groups is 1. The Hall–Kier alpha value is -2.25. The molecule has 2 aromatic rings. The molecule has 0 spiro atoms. The van der Waals surface area contributed by atoms with Gasteiger partial charge in [0.15, 0.2) is 0 Å². The second-order valence-electron chi connectivity index (χ2n) is 6.71. The number of hydrogen-bond acceptors (Lipinski definition) is 5. The molecule has 1 amide bonds. The maximum Gasteiger partial charge on any atom is 0.274 e. The molecule has 2 N–H and O–H groups in total. The van der Waals surface area contributed by atoms with Crippen molar-refractivity contribution in [2.45, 2.75) is 44.2 Å². The molecular weight excluding hydrogens is 348 g/mol. The van der Waals surface area contributed by atoms with Crippen LogP contribution in [0, 0.1) is 0 Å². The van der Waals surface area contributed by atoms with E-state index in [1.165, 1.54) is 0 Å². The first-order valence-corrected chi connectivity index (χ1v) is 9.83. The van der Waals surface area contributed by atoms with E-state index in [2.05, 4.69) is 15.6 Å². The number of amides is 1. The predicted molar refractivity (Wildman–Crippen MR) is 104 cm³/mol. The number of rotatable bonds is 3. The molecule has 0 unspecified atom stereocenters. The average molecular weight is 370 g/mol. The number of methoxy groups -OCH3 is 1. The minimum Gasteiger partial charge on any atom is -0.381 e. The fraction of sp³-hybridized carbons (Fsp3) is 0.421. The minimum absolute atomic E-state index is 0.142. The van der Waals surface area contributed by atoms with Crippen molar-refractivity contribution >= 4 is 39.5 Å². The number of guanidine groups is 1. The number of nitrogens with zero attached hydrogens (tertiary/aromatic N) is 2. The maximum absolute atomic E-state index is 12.3. The lowest BCUT2D eigenvalue weighted by Gasteiger charge is -2.11. The zero-order valence-electron chi connectivity index (χ0n) is 14.7. The van der Waals surface area contributed by atoms with Crippen molar-refractivity contribution in [3.63, 3.8) is 0 Å². The number of aromatic nitrogens is 1. The van der Waals surface area contributed by atoms with E-state index in [4.69, 9.17) is 9.73 Å². The van der Waals surface area contributed by atoms with Crippen LogP contribution in [0.1, 0.15) is 37.7 Å². The molecule has 6 nitrogen and oxygen atoms in total. The summed E-state index contributed by atoms with van der Waals surface area (Å²) in [5.74, 6) is 0.414. The molecule has 26 heavy (non-hydrogen) atoms. The number of ether oxygens (including phenoxy) is 1. The highest BCUT2D eigenvalue weighted by atomic mass is 32.1. The SMILES string of the molecule is CO[C@H]1CCC[C@@H](N=C2NC(=O)/C(=C/c3ccc4ncsc4c3)N2)CC1. The van der Waals surface area contributed by atoms with Gasteiger partial charge in [-0.15, -0.1) is 11.3 Å². The lowest BCUT2D eigenvalue weighted by molar-refractivity contribution is -0.115. The summed E-state index contributed by atoms with van der Waals surface area (Å²) in [5.41, 5.74) is 4.30. The zero-order chi connectivity index (χ0) is 17.9. The smallest absolute Gasteiger partial charge is 0.274 e. The molecule has 2 fully saturated rings. The van der Waals surface area contributed by atoms with Crippen LogP contribution in [-0.4, -0.2) is 36.1 Å². The van der Waals surface area contributed by atoms with Crippen LogP contribution in [0.4, 0.5) is 0 Å². The quantitative estimate of drug-likeness (QED) is 0.643. The van der Waals surface area contributed by atoms with Crippen molar-refractivity contribution in [1.82, 2.24) is 15.6 Å². The Bertz CT molecular complexity index is 873. The van der Waals surface area contributed by atoms with Crippen LogP contribution in [0.25, 0.3) is 16.3 Å². The van der Waals surface area contributed by atoms with Gasteiger partial charge in [-0.05, 0) is 55.9 Å². The van der Waals surface area contributed by atoms with E-state index in [0.717, 1.165) is 47.9 Å². The summed E-state index contributed by atoms with van der Waals surface area (Å²) >= 11 is 1.59. The Balaban J connectivity index is 1.47. The third kappa shape index (κ3) is 3.78. The number of benzene rings is 1. The van der Waals surface area contributed by atoms with E-state index in [1.807, 2.05) is 29.8 Å². The highest BCUT2D eigenvalue weighted by molar-refractivity contribution is 7.16. The normalized spacial score (nSPS) is 26.9. The molecule has 1 aliphatic carbocycles. The average Bonchev–Trinajstić information content (AvgIpc) is 3.16. The van der Waals surface area contributed by atoms with Crippen molar-refractivity contribution in [3.8, 4) is 0 Å². The standard InChI is InChI=1S/C19H22N4O2S/c1-25-14-4-2-3-13(6-7-14)21-19-22-16(18(24)23-19)9-12-5-8-15-17(10-12)26-11-20-15/h5,8-11,13-14H,2-4,6-7H2,1H3,(H2,21,22,23,24)/b16-9-/t13-,14+/m1/s1. The third-order valence-electron chi connectivity index (χ3n) is 4.93. The number of aliphatic imine (C=N–C) groups is 1. The number of carbonyl (C=O) groups excluding carboxylic acids is 1. The van der Waals surface area contributed by atoms with Crippen LogP contribution in [0.2, 0.25) is 0 Å². The van der Waals surface area contributed by atoms with Crippen LogP contribution in [0.15, 0.2) is 34.4 Å². The minimum atomic E-state index is -0.142. The fourth-order valence-corrected chi connectivity index (χ4v) is 4.21. The first-order chi connectivity index (χ1) is 12.7. The zero-order valence-corrected chi connectivity index (χ0v) is 15.5. The van der Waals surface area contributed by atoms with Crippen molar-refractivity contribution in [3.05, 3.63) is 35.0 Å². The summed E-state index contributed by atoms with van der Waals surface area (Å²) in [5, 5.41) is 5.97. The Morgan fingerprint density at radius 3 is 3.08 bits per heavy atom. The predicted octanol–water partition coefficient (Wildman–Crippen LogP) is 3.06. The second-order valence-corrected chi connectivity index (χ2v) is 7.60. The van der Waals surface area contributed by atoms with Crippen molar-refractivity contribution in [2.24, 2.45) is 4.99 Å². The molecule has 0 radical (unpaired) electrons. The molecule has 1 aliphatic heterocycles. The summed E-state index contributed by atoms with van der Waals surface area (Å²) in [4.78, 5) is 21.3. The van der Waals surface area contributed by atoms with Gasteiger partial charge in [-0.1, -0.05) is 6.07 Å². The van der Waals surface area contributed by atoms with Gasteiger partial charge in [0.2, 0.25) is 5.96 Å². The Kier molecular flexibility index (Phi) is 4.99. The maximum atomic E-state index is 12.3. The Morgan fingerprint density at radius 2 is 2.19 bits per heavy atom. The van der Waals surface area contributed by atoms with Gasteiger partial charge in [0.25, 0.3) is 5.91 Å². The topological polar surface area (TPSA) is 75.6 Å². The van der Waals surface area contributed by atoms with Gasteiger partial charge in [-0.2, -0.15) is 0 Å². The molecule has 1 saturated heterocycles. The first-order valence-electron chi connectivity index (χ1n) is 8.95. The van der Waals surface area contributed by atoms with E-state index in [-0.39, 0.29) is 11.9 Å². The summed E-state index contributed by atoms with van der Waals surface area (Å²) in [6, 6.07) is 6.21. The molecular formula is C19H22N4O2S. The van der Waals surface area contributed by atoms with Gasteiger partial charge >= 0.3 is 0 Å². The van der Waals surface area contributed by atoms with Crippen LogP contribution in [0.3, 0.4) is 0 Å². The van der Waals surface area contributed by atoms with Gasteiger partial charge < -0.3 is 10.1 Å². The summed E-state index contributed by atoms with van der Waals surface area (Å²) in [7, 11) is 1.77. The lowest BCUT2D eigenvalue weighted by Crippen LogP contribution is -2.27. The van der Waals surface area contributed by atoms with E-state index >= 15 is 0 Å². The van der Waals surface area contributed by atoms with E-state index in [0.29, 0.717) is 17.8 Å². The van der Waals surface area contributed by atoms with E-state index in [1.54, 1.807) is 18.4 Å². The molecule has 136 valence electrons. The number of thiazole rings is 1.